The van der Waals surface area contributed by atoms with Crippen LogP contribution in [0.25, 0.3) is 0 Å². The smallest absolute Gasteiger partial charge is 0.312 e. The maximum atomic E-state index is 12.7. The van der Waals surface area contributed by atoms with Gasteiger partial charge in [0.25, 0.3) is 11.8 Å². The van der Waals surface area contributed by atoms with Crippen LogP contribution in [0.2, 0.25) is 0 Å². The van der Waals surface area contributed by atoms with Crippen molar-refractivity contribution in [1.29, 1.82) is 0 Å². The SMILES string of the molecule is CC(C)C(NC(=O)CCOCCOCCOCCOCCOCNC(=O)CCN1C(=O)C=CC1=O)C(=O)N[C@H](C=O)CCCNC(N)=O. The summed E-state index contributed by atoms with van der Waals surface area (Å²) in [4.78, 5) is 82.7. The quantitative estimate of drug-likeness (QED) is 0.0251. The van der Waals surface area contributed by atoms with Crippen LogP contribution in [0.3, 0.4) is 0 Å². The lowest BCUT2D eigenvalue weighted by molar-refractivity contribution is -0.137. The van der Waals surface area contributed by atoms with Crippen molar-refractivity contribution in [2.75, 3.05) is 79.3 Å². The largest absolute Gasteiger partial charge is 0.379 e. The Labute approximate surface area is 280 Å². The van der Waals surface area contributed by atoms with Crippen molar-refractivity contribution in [2.24, 2.45) is 11.7 Å². The van der Waals surface area contributed by atoms with E-state index in [2.05, 4.69) is 21.3 Å². The first kappa shape index (κ1) is 42.1. The zero-order valence-electron chi connectivity index (χ0n) is 27.7. The number of ether oxygens (including phenoxy) is 5. The molecule has 1 aliphatic rings. The van der Waals surface area contributed by atoms with Crippen molar-refractivity contribution < 1.29 is 57.2 Å². The molecule has 0 aliphatic carbocycles. The molecule has 0 radical (unpaired) electrons. The minimum Gasteiger partial charge on any atom is -0.379 e. The number of carbonyl (C=O) groups is 7. The molecule has 0 aromatic rings. The number of primary amides is 1. The summed E-state index contributed by atoms with van der Waals surface area (Å²) in [6.45, 7) is 6.50. The van der Waals surface area contributed by atoms with Gasteiger partial charge in [-0.05, 0) is 18.8 Å². The minimum absolute atomic E-state index is 0.0107. The molecule has 0 spiro atoms. The highest BCUT2D eigenvalue weighted by atomic mass is 16.6. The Hall–Kier alpha value is -3.97. The molecule has 0 saturated carbocycles. The molecule has 18 heteroatoms. The number of aldehydes is 1. The maximum absolute atomic E-state index is 12.7. The number of hydrogen-bond donors (Lipinski definition) is 5. The van der Waals surface area contributed by atoms with Gasteiger partial charge in [0.15, 0.2) is 0 Å². The zero-order valence-corrected chi connectivity index (χ0v) is 27.7. The van der Waals surface area contributed by atoms with Gasteiger partial charge < -0.3 is 55.5 Å². The summed E-state index contributed by atoms with van der Waals surface area (Å²) in [5.74, 6) is -2.27. The maximum Gasteiger partial charge on any atom is 0.312 e. The van der Waals surface area contributed by atoms with Gasteiger partial charge in [-0.15, -0.1) is 0 Å². The molecule has 0 saturated heterocycles. The summed E-state index contributed by atoms with van der Waals surface area (Å²) in [7, 11) is 0. The zero-order chi connectivity index (χ0) is 35.6. The van der Waals surface area contributed by atoms with E-state index in [1.165, 1.54) is 12.2 Å². The standard InChI is InChI=1S/C30H50N6O12/c1-22(2)28(29(42)34-23(20-37)4-3-9-32-30(31)43)35-25(39)8-11-44-12-13-45-14-15-46-16-17-47-18-19-48-21-33-24(38)7-10-36-26(40)5-6-27(36)41/h5-6,20,22-23,28H,3-4,7-19,21H2,1-2H3,(H,33,38)(H,34,42)(H,35,39)(H3,31,32,43)/t23-,28?/m0/s1. The van der Waals surface area contributed by atoms with Crippen molar-refractivity contribution >= 4 is 41.9 Å². The van der Waals surface area contributed by atoms with E-state index in [1.807, 2.05) is 0 Å². The topological polar surface area (TPSA) is 243 Å². The van der Waals surface area contributed by atoms with E-state index in [4.69, 9.17) is 29.4 Å². The highest BCUT2D eigenvalue weighted by molar-refractivity contribution is 6.13. The molecular weight excluding hydrogens is 636 g/mol. The molecule has 18 nitrogen and oxygen atoms in total. The third kappa shape index (κ3) is 20.3. The predicted octanol–water partition coefficient (Wildman–Crippen LogP) is -1.88. The van der Waals surface area contributed by atoms with E-state index in [0.29, 0.717) is 58.8 Å². The first-order valence-electron chi connectivity index (χ1n) is 15.8. The number of nitrogens with one attached hydrogen (secondary N) is 4. The fourth-order valence-electron chi connectivity index (χ4n) is 3.96. The summed E-state index contributed by atoms with van der Waals surface area (Å²) in [6, 6.07) is -2.25. The van der Waals surface area contributed by atoms with Gasteiger partial charge in [0.05, 0.1) is 65.5 Å². The van der Waals surface area contributed by atoms with Crippen molar-refractivity contribution in [3.8, 4) is 0 Å². The van der Waals surface area contributed by atoms with Crippen LogP contribution in [0, 0.1) is 5.92 Å². The number of urea groups is 1. The molecule has 2 atom stereocenters. The second-order valence-corrected chi connectivity index (χ2v) is 10.7. The molecule has 1 unspecified atom stereocenters. The third-order valence-corrected chi connectivity index (χ3v) is 6.54. The van der Waals surface area contributed by atoms with Crippen LogP contribution in [0.4, 0.5) is 4.79 Å². The van der Waals surface area contributed by atoms with Crippen LogP contribution in [-0.2, 0) is 52.5 Å². The average Bonchev–Trinajstić information content (AvgIpc) is 3.37. The summed E-state index contributed by atoms with van der Waals surface area (Å²) in [5.41, 5.74) is 5.00. The van der Waals surface area contributed by atoms with Crippen molar-refractivity contribution in [3.63, 3.8) is 0 Å². The lowest BCUT2D eigenvalue weighted by atomic mass is 10.0. The Bertz CT molecular complexity index is 1040. The van der Waals surface area contributed by atoms with E-state index in [-0.39, 0.29) is 70.2 Å². The van der Waals surface area contributed by atoms with E-state index < -0.39 is 35.8 Å². The second kappa shape index (κ2) is 26.0. The Balaban J connectivity index is 1.96. The van der Waals surface area contributed by atoms with Gasteiger partial charge in [0, 0.05) is 38.1 Å². The summed E-state index contributed by atoms with van der Waals surface area (Å²) < 4.78 is 26.9. The molecule has 272 valence electrons. The molecule has 1 aliphatic heterocycles. The Morgan fingerprint density at radius 3 is 1.83 bits per heavy atom. The number of nitrogens with zero attached hydrogens (tertiary/aromatic N) is 1. The number of amides is 7. The van der Waals surface area contributed by atoms with Crippen LogP contribution < -0.4 is 27.0 Å². The molecule has 0 aromatic heterocycles. The van der Waals surface area contributed by atoms with Crippen molar-refractivity contribution in [2.45, 2.75) is 51.6 Å². The highest BCUT2D eigenvalue weighted by Gasteiger charge is 2.26. The van der Waals surface area contributed by atoms with Crippen LogP contribution in [0.5, 0.6) is 0 Å². The molecule has 0 aromatic carbocycles. The van der Waals surface area contributed by atoms with Crippen LogP contribution in [0.1, 0.15) is 39.5 Å². The number of carbonyl (C=O) groups excluding carboxylic acids is 7. The molecule has 6 N–H and O–H groups in total. The Morgan fingerprint density at radius 2 is 1.31 bits per heavy atom. The Morgan fingerprint density at radius 1 is 0.771 bits per heavy atom. The van der Waals surface area contributed by atoms with E-state index in [9.17, 15) is 33.6 Å². The van der Waals surface area contributed by atoms with Crippen LogP contribution >= 0.6 is 0 Å². The minimum atomic E-state index is -0.830. The monoisotopic (exact) mass is 686 g/mol. The number of imide groups is 1. The van der Waals surface area contributed by atoms with Crippen LogP contribution in [-0.4, -0.2) is 138 Å². The molecular formula is C30H50N6O12. The molecule has 1 rings (SSSR count). The van der Waals surface area contributed by atoms with Crippen molar-refractivity contribution in [3.05, 3.63) is 12.2 Å². The fraction of sp³-hybridized carbons (Fsp3) is 0.700. The van der Waals surface area contributed by atoms with Gasteiger partial charge in [-0.1, -0.05) is 13.8 Å². The van der Waals surface area contributed by atoms with Gasteiger partial charge in [-0.2, -0.15) is 0 Å². The highest BCUT2D eigenvalue weighted by Crippen LogP contribution is 2.05. The molecule has 7 amide bonds. The first-order chi connectivity index (χ1) is 23.0. The normalized spacial score (nSPS) is 13.8. The number of nitrogens with two attached hydrogens (primary N) is 1. The second-order valence-electron chi connectivity index (χ2n) is 10.7. The van der Waals surface area contributed by atoms with E-state index >= 15 is 0 Å². The van der Waals surface area contributed by atoms with Gasteiger partial charge in [0.1, 0.15) is 19.1 Å². The summed E-state index contributed by atoms with van der Waals surface area (Å²) in [5, 5.41) is 10.2. The van der Waals surface area contributed by atoms with E-state index in [0.717, 1.165) is 4.90 Å². The van der Waals surface area contributed by atoms with Gasteiger partial charge in [-0.25, -0.2) is 4.79 Å². The average molecular weight is 687 g/mol. The van der Waals surface area contributed by atoms with E-state index in [1.54, 1.807) is 13.8 Å². The number of hydrogen-bond acceptors (Lipinski definition) is 12. The van der Waals surface area contributed by atoms with Gasteiger partial charge in [0.2, 0.25) is 17.7 Å². The molecule has 1 heterocycles. The first-order valence-corrected chi connectivity index (χ1v) is 15.8. The lowest BCUT2D eigenvalue weighted by Gasteiger charge is -2.23. The molecule has 48 heavy (non-hydrogen) atoms. The lowest BCUT2D eigenvalue weighted by Crippen LogP contribution is -2.52. The summed E-state index contributed by atoms with van der Waals surface area (Å²) >= 11 is 0. The fourth-order valence-corrected chi connectivity index (χ4v) is 3.96. The molecule has 0 bridgehead atoms. The van der Waals surface area contributed by atoms with Crippen LogP contribution in [0.15, 0.2) is 12.2 Å². The molecule has 0 fully saturated rings. The summed E-state index contributed by atoms with van der Waals surface area (Å²) in [6.07, 6.45) is 3.72. The third-order valence-electron chi connectivity index (χ3n) is 6.54. The van der Waals surface area contributed by atoms with Gasteiger partial charge in [-0.3, -0.25) is 28.9 Å². The Kier molecular flexibility index (Phi) is 22.8. The van der Waals surface area contributed by atoms with Crippen molar-refractivity contribution in [1.82, 2.24) is 26.2 Å². The number of rotatable bonds is 29. The van der Waals surface area contributed by atoms with Gasteiger partial charge >= 0.3 is 6.03 Å². The predicted molar refractivity (Wildman–Crippen MR) is 169 cm³/mol.